The molecule has 2 unspecified atom stereocenters. The Bertz CT molecular complexity index is 1110. The summed E-state index contributed by atoms with van der Waals surface area (Å²) < 4.78 is 92.9. The van der Waals surface area contributed by atoms with Crippen molar-refractivity contribution in [2.24, 2.45) is 0 Å². The highest BCUT2D eigenvalue weighted by Gasteiger charge is 2.40. The number of carbonyl (C=O) groups is 1. The van der Waals surface area contributed by atoms with Gasteiger partial charge in [-0.2, -0.15) is 38.1 Å². The molecule has 2 nitrogen and oxygen atoms in total. The first-order valence-electron chi connectivity index (χ1n) is 10.1. The smallest absolute Gasteiger partial charge is 0.349 e. The van der Waals surface area contributed by atoms with Crippen molar-refractivity contribution in [3.05, 3.63) is 73.7 Å². The van der Waals surface area contributed by atoms with Crippen LogP contribution in [0.25, 0.3) is 5.83 Å². The lowest BCUT2D eigenvalue weighted by Gasteiger charge is -2.19. The van der Waals surface area contributed by atoms with E-state index in [9.17, 15) is 35.5 Å². The van der Waals surface area contributed by atoms with Gasteiger partial charge < -0.3 is 5.32 Å². The number of halogens is 10. The van der Waals surface area contributed by atoms with Crippen LogP contribution in [0.2, 0.25) is 15.1 Å². The van der Waals surface area contributed by atoms with E-state index in [2.05, 4.69) is 5.32 Å². The molecule has 0 bridgehead atoms. The average Bonchev–Trinajstić information content (AvgIpc) is 2.73. The number of nitrogens with one attached hydrogen (secondary N) is 1. The number of thioether (sulfide) groups is 1. The van der Waals surface area contributed by atoms with Gasteiger partial charge in [0.15, 0.2) is 0 Å². The summed E-state index contributed by atoms with van der Waals surface area (Å²) >= 11 is 18.1. The molecule has 2 aromatic rings. The number of carbonyl (C=O) groups excluding carboxylic acids is 1. The van der Waals surface area contributed by atoms with Crippen molar-refractivity contribution in [3.63, 3.8) is 0 Å². The quantitative estimate of drug-likeness (QED) is 0.243. The molecule has 0 aromatic heterocycles. The summed E-state index contributed by atoms with van der Waals surface area (Å²) in [6.07, 6.45) is -8.84. The second kappa shape index (κ2) is 12.3. The molecule has 36 heavy (non-hydrogen) atoms. The Balaban J connectivity index is 2.24. The molecule has 2 atom stereocenters. The second-order valence-electron chi connectivity index (χ2n) is 7.87. The average molecular weight is 597 g/mol. The van der Waals surface area contributed by atoms with Gasteiger partial charge in [-0.25, -0.2) is 4.39 Å². The Morgan fingerprint density at radius 3 is 2.14 bits per heavy atom. The zero-order valence-electron chi connectivity index (χ0n) is 18.6. The lowest BCUT2D eigenvalue weighted by molar-refractivity contribution is -0.139. The van der Waals surface area contributed by atoms with E-state index in [-0.39, 0.29) is 37.5 Å². The normalized spacial score (nSPS) is 14.5. The second-order valence-corrected chi connectivity index (χ2v) is 10.1. The molecule has 2 rings (SSSR count). The summed E-state index contributed by atoms with van der Waals surface area (Å²) in [5, 5.41) is 1.96. The van der Waals surface area contributed by atoms with Gasteiger partial charge in [0.05, 0.1) is 20.8 Å². The van der Waals surface area contributed by atoms with Gasteiger partial charge in [0.2, 0.25) is 0 Å². The van der Waals surface area contributed by atoms with Crippen molar-refractivity contribution in [1.29, 1.82) is 0 Å². The largest absolute Gasteiger partial charge is 0.399 e. The van der Waals surface area contributed by atoms with Gasteiger partial charge in [-0.05, 0) is 55.3 Å². The van der Waals surface area contributed by atoms with Crippen LogP contribution >= 0.6 is 46.6 Å². The predicted octanol–water partition coefficient (Wildman–Crippen LogP) is 9.03. The molecular formula is C23H19Cl3F7NOS. The molecule has 0 fully saturated rings. The maximum Gasteiger partial charge on any atom is 0.399 e. The molecule has 0 aliphatic carbocycles. The molecule has 0 aliphatic rings. The van der Waals surface area contributed by atoms with Crippen LogP contribution < -0.4 is 5.32 Å². The number of hydrogen-bond donors (Lipinski definition) is 1. The highest BCUT2D eigenvalue weighted by Crippen LogP contribution is 2.42. The van der Waals surface area contributed by atoms with E-state index in [4.69, 9.17) is 34.8 Å². The van der Waals surface area contributed by atoms with Crippen LogP contribution in [-0.4, -0.2) is 35.8 Å². The number of benzene rings is 2. The molecule has 0 spiro atoms. The third-order valence-corrected chi connectivity index (χ3v) is 7.25. The minimum absolute atomic E-state index is 0.0112. The van der Waals surface area contributed by atoms with Crippen LogP contribution in [0.3, 0.4) is 0 Å². The van der Waals surface area contributed by atoms with E-state index in [1.165, 1.54) is 26.0 Å². The number of allylic oxidation sites excluding steroid dienone is 1. The number of alkyl halides is 6. The van der Waals surface area contributed by atoms with Crippen molar-refractivity contribution in [2.75, 3.05) is 11.5 Å². The van der Waals surface area contributed by atoms with Gasteiger partial charge in [-0.15, -0.1) is 0 Å². The molecule has 0 aliphatic heterocycles. The standard InChI is InChI=1S/C23H19Cl3F7NOS/c1-11-5-13(3-4-15(11)21(35)34-12(2)9-36-10-22(28,29)30)19(27)8-16(23(31,32)33)14-6-17(24)20(26)18(25)7-14/h3-8,12,16H,9-10H2,1-2H3,(H,34,35)/b19-8-. The summed E-state index contributed by atoms with van der Waals surface area (Å²) in [7, 11) is 0. The summed E-state index contributed by atoms with van der Waals surface area (Å²) in [5.41, 5.74) is -0.270. The van der Waals surface area contributed by atoms with Crippen molar-refractivity contribution >= 4 is 58.3 Å². The molecule has 13 heteroatoms. The maximum atomic E-state index is 14.9. The Kier molecular flexibility index (Phi) is 10.4. The van der Waals surface area contributed by atoms with Gasteiger partial charge in [0, 0.05) is 22.9 Å². The van der Waals surface area contributed by atoms with E-state index in [1.807, 2.05) is 0 Å². The fraction of sp³-hybridized carbons (Fsp3) is 0.348. The molecular weight excluding hydrogens is 578 g/mol. The van der Waals surface area contributed by atoms with Crippen LogP contribution in [0.1, 0.15) is 39.9 Å². The van der Waals surface area contributed by atoms with Crippen molar-refractivity contribution in [2.45, 2.75) is 38.2 Å². The van der Waals surface area contributed by atoms with Gasteiger partial charge in [0.25, 0.3) is 5.91 Å². The Hall–Kier alpha value is -1.62. The molecule has 198 valence electrons. The van der Waals surface area contributed by atoms with Gasteiger partial charge >= 0.3 is 12.4 Å². The van der Waals surface area contributed by atoms with E-state index >= 15 is 0 Å². The van der Waals surface area contributed by atoms with E-state index in [0.29, 0.717) is 17.8 Å². The van der Waals surface area contributed by atoms with Crippen molar-refractivity contribution in [3.8, 4) is 0 Å². The molecule has 2 aromatic carbocycles. The van der Waals surface area contributed by atoms with Crippen LogP contribution in [-0.2, 0) is 0 Å². The predicted molar refractivity (Wildman–Crippen MR) is 131 cm³/mol. The monoisotopic (exact) mass is 595 g/mol. The molecule has 0 heterocycles. The number of aryl methyl sites for hydroxylation is 1. The molecule has 0 saturated carbocycles. The Morgan fingerprint density at radius 1 is 1.06 bits per heavy atom. The Labute approximate surface area is 222 Å². The lowest BCUT2D eigenvalue weighted by Crippen LogP contribution is -2.35. The minimum atomic E-state index is -4.88. The fourth-order valence-electron chi connectivity index (χ4n) is 3.14. The topological polar surface area (TPSA) is 29.1 Å². The first kappa shape index (κ1) is 30.6. The van der Waals surface area contributed by atoms with Crippen LogP contribution in [0.4, 0.5) is 30.7 Å². The Morgan fingerprint density at radius 2 is 1.64 bits per heavy atom. The number of rotatable bonds is 8. The molecule has 1 N–H and O–H groups in total. The van der Waals surface area contributed by atoms with Crippen molar-refractivity contribution in [1.82, 2.24) is 5.32 Å². The van der Waals surface area contributed by atoms with Crippen LogP contribution in [0.5, 0.6) is 0 Å². The van der Waals surface area contributed by atoms with Gasteiger partial charge in [-0.1, -0.05) is 40.9 Å². The summed E-state index contributed by atoms with van der Waals surface area (Å²) in [5.74, 6) is -5.24. The van der Waals surface area contributed by atoms with Crippen LogP contribution in [0.15, 0.2) is 36.4 Å². The van der Waals surface area contributed by atoms with Crippen LogP contribution in [0, 0.1) is 6.92 Å². The lowest BCUT2D eigenvalue weighted by atomic mass is 9.95. The number of amides is 1. The zero-order chi connectivity index (χ0) is 27.4. The third-order valence-electron chi connectivity index (χ3n) is 4.79. The first-order chi connectivity index (χ1) is 16.5. The molecule has 0 saturated heterocycles. The minimum Gasteiger partial charge on any atom is -0.349 e. The summed E-state index contributed by atoms with van der Waals surface area (Å²) in [6.45, 7) is 2.98. The summed E-state index contributed by atoms with van der Waals surface area (Å²) in [4.78, 5) is 12.5. The van der Waals surface area contributed by atoms with E-state index < -0.39 is 47.4 Å². The van der Waals surface area contributed by atoms with E-state index in [0.717, 1.165) is 18.2 Å². The van der Waals surface area contributed by atoms with Gasteiger partial charge in [-0.3, -0.25) is 4.79 Å². The molecule has 1 amide bonds. The first-order valence-corrected chi connectivity index (χ1v) is 12.4. The third kappa shape index (κ3) is 8.75. The maximum absolute atomic E-state index is 14.9. The molecule has 0 radical (unpaired) electrons. The summed E-state index contributed by atoms with van der Waals surface area (Å²) in [6, 6.07) is 4.85. The zero-order valence-corrected chi connectivity index (χ0v) is 21.7. The highest BCUT2D eigenvalue weighted by atomic mass is 35.5. The van der Waals surface area contributed by atoms with Crippen molar-refractivity contribution < 1.29 is 35.5 Å². The van der Waals surface area contributed by atoms with E-state index in [1.54, 1.807) is 0 Å². The number of hydrogen-bond acceptors (Lipinski definition) is 2. The SMILES string of the molecule is Cc1cc(/C(F)=C/C(c2cc(Cl)c(Cl)c(Cl)c2)C(F)(F)F)ccc1C(=O)NC(C)CSCC(F)(F)F. The highest BCUT2D eigenvalue weighted by molar-refractivity contribution is 7.99. The van der Waals surface area contributed by atoms with Gasteiger partial charge in [0.1, 0.15) is 11.7 Å². The fourth-order valence-corrected chi connectivity index (χ4v) is 4.54.